The average molecular weight is 397 g/mol. The van der Waals surface area contributed by atoms with Crippen LogP contribution in [0.2, 0.25) is 0 Å². The van der Waals surface area contributed by atoms with Crippen LogP contribution in [0.3, 0.4) is 0 Å². The zero-order chi connectivity index (χ0) is 20.7. The zero-order valence-corrected chi connectivity index (χ0v) is 17.8. The Labute approximate surface area is 177 Å². The standard InChI is InChI=1S/C26H26N3O/c1-18-19(2)29(16-20-7-6-10-23(15-20)30-3)25-24(18)11-13-27-26(25)28-14-12-21-8-4-5-9-22(21)17-28/h4-11,15H,12,14,16-17H2,1-3H3. The SMILES string of the molecule is COc1cccc(Cn2c(C)c(C)c3c[c]nc(N4CCc5ccccc5C4)c32)c1. The van der Waals surface area contributed by atoms with E-state index in [1.54, 1.807) is 7.11 Å². The number of hydrogen-bond donors (Lipinski definition) is 0. The summed E-state index contributed by atoms with van der Waals surface area (Å²) in [5.41, 5.74) is 7.83. The molecule has 0 spiro atoms. The number of fused-ring (bicyclic) bond motifs is 2. The summed E-state index contributed by atoms with van der Waals surface area (Å²) in [5.74, 6) is 1.92. The van der Waals surface area contributed by atoms with Gasteiger partial charge in [0.25, 0.3) is 0 Å². The Morgan fingerprint density at radius 3 is 2.73 bits per heavy atom. The molecule has 1 radical (unpaired) electrons. The third-order valence-corrected chi connectivity index (χ3v) is 6.37. The molecule has 0 atom stereocenters. The minimum Gasteiger partial charge on any atom is -0.497 e. The van der Waals surface area contributed by atoms with Crippen molar-refractivity contribution in [1.82, 2.24) is 9.55 Å². The van der Waals surface area contributed by atoms with Gasteiger partial charge >= 0.3 is 0 Å². The van der Waals surface area contributed by atoms with E-state index in [1.807, 2.05) is 12.1 Å². The van der Waals surface area contributed by atoms with Gasteiger partial charge in [0, 0.05) is 30.7 Å². The maximum atomic E-state index is 5.43. The lowest BCUT2D eigenvalue weighted by Crippen LogP contribution is -2.31. The first-order valence-electron chi connectivity index (χ1n) is 10.5. The molecular formula is C26H26N3O. The molecule has 2 aromatic heterocycles. The predicted molar refractivity (Wildman–Crippen MR) is 121 cm³/mol. The molecule has 0 N–H and O–H groups in total. The summed E-state index contributed by atoms with van der Waals surface area (Å²) in [6.07, 6.45) is 4.21. The Bertz CT molecular complexity index is 1220. The molecule has 1 aliphatic rings. The van der Waals surface area contributed by atoms with Gasteiger partial charge in [-0.1, -0.05) is 36.4 Å². The van der Waals surface area contributed by atoms with Gasteiger partial charge in [0.05, 0.1) is 18.8 Å². The molecule has 4 nitrogen and oxygen atoms in total. The number of aryl methyl sites for hydroxylation is 1. The molecule has 4 aromatic rings. The highest BCUT2D eigenvalue weighted by Crippen LogP contribution is 2.34. The van der Waals surface area contributed by atoms with Crippen molar-refractivity contribution in [2.45, 2.75) is 33.4 Å². The van der Waals surface area contributed by atoms with E-state index in [-0.39, 0.29) is 0 Å². The lowest BCUT2D eigenvalue weighted by molar-refractivity contribution is 0.414. The summed E-state index contributed by atoms with van der Waals surface area (Å²) in [4.78, 5) is 7.15. The maximum absolute atomic E-state index is 5.43. The lowest BCUT2D eigenvalue weighted by Gasteiger charge is -2.30. The summed E-state index contributed by atoms with van der Waals surface area (Å²) in [6.45, 7) is 7.04. The second kappa shape index (κ2) is 7.52. The minimum absolute atomic E-state index is 0.788. The fourth-order valence-corrected chi connectivity index (χ4v) is 4.56. The normalized spacial score (nSPS) is 13.5. The Balaban J connectivity index is 1.61. The first-order valence-corrected chi connectivity index (χ1v) is 10.5. The number of methoxy groups -OCH3 is 1. The van der Waals surface area contributed by atoms with Crippen LogP contribution in [0.25, 0.3) is 10.9 Å². The van der Waals surface area contributed by atoms with Gasteiger partial charge in [-0.25, -0.2) is 4.98 Å². The van der Waals surface area contributed by atoms with Crippen molar-refractivity contribution >= 4 is 16.7 Å². The highest BCUT2D eigenvalue weighted by molar-refractivity contribution is 5.93. The zero-order valence-electron chi connectivity index (χ0n) is 17.8. The molecule has 0 fully saturated rings. The van der Waals surface area contributed by atoms with Crippen LogP contribution < -0.4 is 9.64 Å². The quantitative estimate of drug-likeness (QED) is 0.482. The molecule has 30 heavy (non-hydrogen) atoms. The van der Waals surface area contributed by atoms with E-state index in [0.29, 0.717) is 0 Å². The Morgan fingerprint density at radius 2 is 1.90 bits per heavy atom. The van der Waals surface area contributed by atoms with Gasteiger partial charge in [-0.05, 0) is 60.7 Å². The van der Waals surface area contributed by atoms with Crippen LogP contribution in [-0.4, -0.2) is 23.2 Å². The molecule has 0 amide bonds. The van der Waals surface area contributed by atoms with E-state index in [9.17, 15) is 0 Å². The van der Waals surface area contributed by atoms with Gasteiger partial charge in [0.15, 0.2) is 5.82 Å². The fourth-order valence-electron chi connectivity index (χ4n) is 4.56. The smallest absolute Gasteiger partial charge is 0.154 e. The second-order valence-corrected chi connectivity index (χ2v) is 8.06. The average Bonchev–Trinajstić information content (AvgIpc) is 3.04. The first kappa shape index (κ1) is 18.7. The van der Waals surface area contributed by atoms with Crippen molar-refractivity contribution in [1.29, 1.82) is 0 Å². The lowest BCUT2D eigenvalue weighted by atomic mass is 10.00. The fraction of sp³-hybridized carbons (Fsp3) is 0.269. The molecular weight excluding hydrogens is 370 g/mol. The second-order valence-electron chi connectivity index (χ2n) is 8.06. The van der Waals surface area contributed by atoms with Gasteiger partial charge in [-0.3, -0.25) is 0 Å². The monoisotopic (exact) mass is 396 g/mol. The van der Waals surface area contributed by atoms with Crippen LogP contribution >= 0.6 is 0 Å². The van der Waals surface area contributed by atoms with E-state index in [1.165, 1.54) is 38.9 Å². The first-order chi connectivity index (χ1) is 14.7. The third kappa shape index (κ3) is 3.13. The summed E-state index contributed by atoms with van der Waals surface area (Å²) in [5, 5.41) is 1.24. The highest BCUT2D eigenvalue weighted by Gasteiger charge is 2.23. The van der Waals surface area contributed by atoms with Gasteiger partial charge in [-0.15, -0.1) is 0 Å². The van der Waals surface area contributed by atoms with Gasteiger partial charge < -0.3 is 14.2 Å². The van der Waals surface area contributed by atoms with Crippen LogP contribution in [0.4, 0.5) is 5.82 Å². The van der Waals surface area contributed by atoms with Gasteiger partial charge in [0.1, 0.15) is 5.75 Å². The summed E-state index contributed by atoms with van der Waals surface area (Å²) >= 11 is 0. The number of benzene rings is 2. The van der Waals surface area contributed by atoms with Gasteiger partial charge in [0.2, 0.25) is 0 Å². The third-order valence-electron chi connectivity index (χ3n) is 6.37. The Morgan fingerprint density at radius 1 is 1.07 bits per heavy atom. The predicted octanol–water partition coefficient (Wildman–Crippen LogP) is 5.07. The van der Waals surface area contributed by atoms with Crippen molar-refractivity contribution < 1.29 is 4.74 Å². The van der Waals surface area contributed by atoms with E-state index >= 15 is 0 Å². The number of anilines is 1. The number of ether oxygens (including phenoxy) is 1. The maximum Gasteiger partial charge on any atom is 0.154 e. The molecule has 5 rings (SSSR count). The van der Waals surface area contributed by atoms with Crippen molar-refractivity contribution in [3.05, 3.63) is 88.7 Å². The number of pyridine rings is 1. The number of rotatable bonds is 4. The van der Waals surface area contributed by atoms with Crippen LogP contribution in [0.15, 0.2) is 54.6 Å². The Kier molecular flexibility index (Phi) is 4.70. The summed E-state index contributed by atoms with van der Waals surface area (Å²) < 4.78 is 7.83. The topological polar surface area (TPSA) is 30.3 Å². The van der Waals surface area contributed by atoms with Crippen molar-refractivity contribution in [3.8, 4) is 5.75 Å². The molecule has 0 unspecified atom stereocenters. The molecule has 4 heteroatoms. The van der Waals surface area contributed by atoms with E-state index in [0.717, 1.165) is 37.6 Å². The van der Waals surface area contributed by atoms with E-state index < -0.39 is 0 Å². The Hall–Kier alpha value is -3.27. The number of nitrogens with zero attached hydrogens (tertiary/aromatic N) is 3. The van der Waals surface area contributed by atoms with Crippen LogP contribution in [-0.2, 0) is 19.5 Å². The number of aromatic nitrogens is 2. The highest BCUT2D eigenvalue weighted by atomic mass is 16.5. The van der Waals surface area contributed by atoms with Crippen molar-refractivity contribution in [2.24, 2.45) is 0 Å². The molecule has 151 valence electrons. The van der Waals surface area contributed by atoms with Crippen LogP contribution in [0.5, 0.6) is 5.75 Å². The molecule has 1 aliphatic heterocycles. The molecule has 2 aromatic carbocycles. The molecule has 0 aliphatic carbocycles. The van der Waals surface area contributed by atoms with E-state index in [2.05, 4.69) is 72.0 Å². The van der Waals surface area contributed by atoms with Crippen LogP contribution in [0, 0.1) is 20.0 Å². The van der Waals surface area contributed by atoms with Crippen molar-refractivity contribution in [3.63, 3.8) is 0 Å². The van der Waals surface area contributed by atoms with Crippen molar-refractivity contribution in [2.75, 3.05) is 18.6 Å². The molecule has 0 saturated carbocycles. The summed E-state index contributed by atoms with van der Waals surface area (Å²) in [7, 11) is 1.71. The number of hydrogen-bond acceptors (Lipinski definition) is 3. The van der Waals surface area contributed by atoms with Crippen LogP contribution in [0.1, 0.15) is 27.9 Å². The van der Waals surface area contributed by atoms with E-state index in [4.69, 9.17) is 9.72 Å². The molecule has 0 bridgehead atoms. The van der Waals surface area contributed by atoms with Gasteiger partial charge in [-0.2, -0.15) is 0 Å². The molecule has 0 saturated heterocycles. The largest absolute Gasteiger partial charge is 0.497 e. The molecule has 3 heterocycles. The summed E-state index contributed by atoms with van der Waals surface area (Å²) in [6, 6.07) is 19.1. The minimum atomic E-state index is 0.788.